The summed E-state index contributed by atoms with van der Waals surface area (Å²) in [5.41, 5.74) is 3.36. The smallest absolute Gasteiger partial charge is 0.204 e. The highest BCUT2D eigenvalue weighted by Gasteiger charge is 2.16. The van der Waals surface area contributed by atoms with E-state index < -0.39 is 0 Å². The SMILES string of the molecule is COc1cc2nc(NCCCCCC(=O)Cc3ccccc3)c3nnc(C)n3c2cc1OC. The highest BCUT2D eigenvalue weighted by molar-refractivity contribution is 5.86. The van der Waals surface area contributed by atoms with Gasteiger partial charge in [0, 0.05) is 31.5 Å². The maximum absolute atomic E-state index is 12.2. The lowest BCUT2D eigenvalue weighted by Gasteiger charge is -2.13. The van der Waals surface area contributed by atoms with Crippen molar-refractivity contribution in [2.75, 3.05) is 26.1 Å². The number of nitrogens with one attached hydrogen (secondary N) is 1. The van der Waals surface area contributed by atoms with Crippen LogP contribution in [0, 0.1) is 6.92 Å². The van der Waals surface area contributed by atoms with Crippen molar-refractivity contribution in [1.82, 2.24) is 19.6 Å². The zero-order chi connectivity index (χ0) is 23.2. The molecule has 0 saturated carbocycles. The molecule has 8 heteroatoms. The molecule has 0 unspecified atom stereocenters. The number of fused-ring (bicyclic) bond motifs is 3. The van der Waals surface area contributed by atoms with Gasteiger partial charge in [0.05, 0.1) is 25.3 Å². The van der Waals surface area contributed by atoms with Gasteiger partial charge < -0.3 is 14.8 Å². The predicted molar refractivity (Wildman–Crippen MR) is 128 cm³/mol. The number of ketones is 1. The van der Waals surface area contributed by atoms with E-state index in [0.717, 1.165) is 48.2 Å². The van der Waals surface area contributed by atoms with Crippen molar-refractivity contribution in [1.29, 1.82) is 0 Å². The Hall–Kier alpha value is -3.68. The zero-order valence-corrected chi connectivity index (χ0v) is 19.3. The first-order valence-electron chi connectivity index (χ1n) is 11.2. The average Bonchev–Trinajstić information content (AvgIpc) is 3.23. The molecule has 33 heavy (non-hydrogen) atoms. The second-order valence-corrected chi connectivity index (χ2v) is 8.00. The summed E-state index contributed by atoms with van der Waals surface area (Å²) in [6.07, 6.45) is 3.91. The van der Waals surface area contributed by atoms with E-state index in [2.05, 4.69) is 15.5 Å². The minimum Gasteiger partial charge on any atom is -0.493 e. The third kappa shape index (κ3) is 5.05. The van der Waals surface area contributed by atoms with E-state index in [1.54, 1.807) is 14.2 Å². The molecular formula is C25H29N5O3. The van der Waals surface area contributed by atoms with Crippen LogP contribution in [0.5, 0.6) is 11.5 Å². The van der Waals surface area contributed by atoms with Gasteiger partial charge in [-0.1, -0.05) is 36.8 Å². The van der Waals surface area contributed by atoms with Crippen LogP contribution in [-0.2, 0) is 11.2 Å². The fourth-order valence-corrected chi connectivity index (χ4v) is 3.96. The largest absolute Gasteiger partial charge is 0.493 e. The van der Waals surface area contributed by atoms with Crippen molar-refractivity contribution in [2.24, 2.45) is 0 Å². The van der Waals surface area contributed by atoms with Crippen molar-refractivity contribution in [2.45, 2.75) is 39.0 Å². The topological polar surface area (TPSA) is 90.6 Å². The molecule has 0 aliphatic rings. The van der Waals surface area contributed by atoms with Gasteiger partial charge in [0.1, 0.15) is 11.6 Å². The molecule has 8 nitrogen and oxygen atoms in total. The summed E-state index contributed by atoms with van der Waals surface area (Å²) in [6.45, 7) is 2.65. The number of anilines is 1. The highest BCUT2D eigenvalue weighted by atomic mass is 16.5. The van der Waals surface area contributed by atoms with Crippen LogP contribution < -0.4 is 14.8 Å². The number of ether oxygens (including phenoxy) is 2. The Labute approximate surface area is 193 Å². The lowest BCUT2D eigenvalue weighted by Crippen LogP contribution is -2.08. The number of nitrogens with zero attached hydrogens (tertiary/aromatic N) is 4. The normalized spacial score (nSPS) is 11.1. The number of Topliss-reactive ketones (excluding diaryl/α,β-unsaturated/α-hetero) is 1. The molecule has 0 aliphatic carbocycles. The van der Waals surface area contributed by atoms with Crippen molar-refractivity contribution in [3.63, 3.8) is 0 Å². The van der Waals surface area contributed by atoms with Gasteiger partial charge in [0.25, 0.3) is 0 Å². The number of unbranched alkanes of at least 4 members (excludes halogenated alkanes) is 2. The number of carbonyl (C=O) groups is 1. The van der Waals surface area contributed by atoms with Crippen LogP contribution in [0.25, 0.3) is 16.7 Å². The number of hydrogen-bond donors (Lipinski definition) is 1. The van der Waals surface area contributed by atoms with Crippen molar-refractivity contribution < 1.29 is 14.3 Å². The Morgan fingerprint density at radius 3 is 2.52 bits per heavy atom. The van der Waals surface area contributed by atoms with Crippen LogP contribution >= 0.6 is 0 Å². The summed E-state index contributed by atoms with van der Waals surface area (Å²) in [4.78, 5) is 16.9. The molecule has 2 heterocycles. The second-order valence-electron chi connectivity index (χ2n) is 8.00. The molecule has 0 aliphatic heterocycles. The molecule has 0 fully saturated rings. The van der Waals surface area contributed by atoms with E-state index in [9.17, 15) is 4.79 Å². The number of rotatable bonds is 11. The summed E-state index contributed by atoms with van der Waals surface area (Å²) in [5, 5.41) is 12.0. The number of hydrogen-bond acceptors (Lipinski definition) is 7. The first-order chi connectivity index (χ1) is 16.1. The van der Waals surface area contributed by atoms with E-state index >= 15 is 0 Å². The lowest BCUT2D eigenvalue weighted by atomic mass is 10.0. The Bertz CT molecular complexity index is 1250. The fraction of sp³-hybridized carbons (Fsp3) is 0.360. The van der Waals surface area contributed by atoms with Gasteiger partial charge in [-0.3, -0.25) is 9.20 Å². The Morgan fingerprint density at radius 1 is 1.00 bits per heavy atom. The minimum atomic E-state index is 0.287. The second kappa shape index (κ2) is 10.3. The summed E-state index contributed by atoms with van der Waals surface area (Å²) in [5.74, 6) is 2.98. The van der Waals surface area contributed by atoms with Crippen molar-refractivity contribution in [3.05, 3.63) is 53.9 Å². The molecular weight excluding hydrogens is 418 g/mol. The molecule has 2 aromatic carbocycles. The van der Waals surface area contributed by atoms with Gasteiger partial charge in [0.2, 0.25) is 5.65 Å². The van der Waals surface area contributed by atoms with E-state index in [4.69, 9.17) is 14.5 Å². The maximum atomic E-state index is 12.2. The number of aromatic nitrogens is 4. The Kier molecular flexibility index (Phi) is 7.02. The molecule has 0 spiro atoms. The molecule has 0 saturated heterocycles. The quantitative estimate of drug-likeness (QED) is 0.341. The van der Waals surface area contributed by atoms with E-state index in [0.29, 0.717) is 35.8 Å². The molecule has 0 bridgehead atoms. The predicted octanol–water partition coefficient (Wildman–Crippen LogP) is 4.39. The molecule has 0 amide bonds. The van der Waals surface area contributed by atoms with Crippen LogP contribution in [0.1, 0.15) is 37.1 Å². The van der Waals surface area contributed by atoms with E-state index in [1.165, 1.54) is 0 Å². The van der Waals surface area contributed by atoms with Crippen LogP contribution in [0.15, 0.2) is 42.5 Å². The van der Waals surface area contributed by atoms with E-state index in [-0.39, 0.29) is 5.78 Å². The monoisotopic (exact) mass is 447 g/mol. The highest BCUT2D eigenvalue weighted by Crippen LogP contribution is 2.33. The molecule has 0 radical (unpaired) electrons. The summed E-state index contributed by atoms with van der Waals surface area (Å²) in [6, 6.07) is 13.6. The van der Waals surface area contributed by atoms with Crippen molar-refractivity contribution >= 4 is 28.3 Å². The molecule has 0 atom stereocenters. The van der Waals surface area contributed by atoms with Crippen LogP contribution in [0.3, 0.4) is 0 Å². The van der Waals surface area contributed by atoms with Gasteiger partial charge in [-0.2, -0.15) is 0 Å². The first-order valence-corrected chi connectivity index (χ1v) is 11.2. The van der Waals surface area contributed by atoms with Crippen molar-refractivity contribution in [3.8, 4) is 11.5 Å². The van der Waals surface area contributed by atoms with Crippen LogP contribution in [0.4, 0.5) is 5.82 Å². The number of benzene rings is 2. The molecule has 172 valence electrons. The van der Waals surface area contributed by atoms with Crippen LogP contribution in [0.2, 0.25) is 0 Å². The molecule has 1 N–H and O–H groups in total. The third-order valence-electron chi connectivity index (χ3n) is 5.66. The van der Waals surface area contributed by atoms with Crippen LogP contribution in [-0.4, -0.2) is 46.1 Å². The average molecular weight is 448 g/mol. The molecule has 4 rings (SSSR count). The molecule has 4 aromatic rings. The summed E-state index contributed by atoms with van der Waals surface area (Å²) in [7, 11) is 3.22. The zero-order valence-electron chi connectivity index (χ0n) is 19.3. The summed E-state index contributed by atoms with van der Waals surface area (Å²) >= 11 is 0. The number of methoxy groups -OCH3 is 2. The number of aryl methyl sites for hydroxylation is 1. The fourth-order valence-electron chi connectivity index (χ4n) is 3.96. The lowest BCUT2D eigenvalue weighted by molar-refractivity contribution is -0.118. The van der Waals surface area contributed by atoms with E-state index in [1.807, 2.05) is 53.8 Å². The van der Waals surface area contributed by atoms with Gasteiger partial charge >= 0.3 is 0 Å². The standard InChI is InChI=1S/C25H29N5O3/c1-17-28-29-25-24(27-20-15-22(32-2)23(33-3)16-21(20)30(17)25)26-13-9-5-8-12-19(31)14-18-10-6-4-7-11-18/h4,6-7,10-11,15-16H,5,8-9,12-14H2,1-3H3,(H,26,27). The summed E-state index contributed by atoms with van der Waals surface area (Å²) < 4.78 is 12.8. The third-order valence-corrected chi connectivity index (χ3v) is 5.66. The van der Waals surface area contributed by atoms with Gasteiger partial charge in [-0.15, -0.1) is 10.2 Å². The first kappa shape index (κ1) is 22.5. The molecule has 2 aromatic heterocycles. The van der Waals surface area contributed by atoms with Gasteiger partial charge in [-0.25, -0.2) is 4.98 Å². The van der Waals surface area contributed by atoms with Gasteiger partial charge in [0.15, 0.2) is 17.3 Å². The Morgan fingerprint density at radius 2 is 1.76 bits per heavy atom. The maximum Gasteiger partial charge on any atom is 0.204 e. The Balaban J connectivity index is 1.38. The number of carbonyl (C=O) groups excluding carboxylic acids is 1. The minimum absolute atomic E-state index is 0.287. The van der Waals surface area contributed by atoms with Gasteiger partial charge in [-0.05, 0) is 25.3 Å².